The van der Waals surface area contributed by atoms with Gasteiger partial charge in [-0.15, -0.1) is 0 Å². The van der Waals surface area contributed by atoms with E-state index in [1.165, 1.54) is 19.3 Å². The third-order valence-electron chi connectivity index (χ3n) is 3.02. The van der Waals surface area contributed by atoms with Gasteiger partial charge >= 0.3 is 0 Å². The standard InChI is InChI=1S/C8H16N4/c1-10-8(11-9)12-5-6-2-3-7(12)4-6/h6-7H,2-5,9H2,1H3,(H,10,11). The van der Waals surface area contributed by atoms with Crippen LogP contribution < -0.4 is 11.3 Å². The highest BCUT2D eigenvalue weighted by molar-refractivity contribution is 5.80. The molecule has 2 fully saturated rings. The van der Waals surface area contributed by atoms with Crippen molar-refractivity contribution in [2.75, 3.05) is 13.6 Å². The Hall–Kier alpha value is -0.770. The van der Waals surface area contributed by atoms with Crippen LogP contribution in [0.1, 0.15) is 19.3 Å². The molecule has 1 heterocycles. The quantitative estimate of drug-likeness (QED) is 0.230. The van der Waals surface area contributed by atoms with Crippen molar-refractivity contribution >= 4 is 5.96 Å². The average Bonchev–Trinajstić information content (AvgIpc) is 2.67. The molecule has 0 radical (unpaired) electrons. The summed E-state index contributed by atoms with van der Waals surface area (Å²) in [5.74, 6) is 7.11. The minimum absolute atomic E-state index is 0.699. The Bertz CT molecular complexity index is 201. The van der Waals surface area contributed by atoms with Crippen molar-refractivity contribution in [2.45, 2.75) is 25.3 Å². The fourth-order valence-electron chi connectivity index (χ4n) is 2.46. The van der Waals surface area contributed by atoms with E-state index < -0.39 is 0 Å². The zero-order valence-corrected chi connectivity index (χ0v) is 7.45. The third kappa shape index (κ3) is 1.06. The van der Waals surface area contributed by atoms with Crippen molar-refractivity contribution in [3.63, 3.8) is 0 Å². The van der Waals surface area contributed by atoms with Gasteiger partial charge in [0.2, 0.25) is 5.96 Å². The van der Waals surface area contributed by atoms with E-state index in [2.05, 4.69) is 15.3 Å². The number of nitrogens with two attached hydrogens (primary N) is 1. The average molecular weight is 168 g/mol. The van der Waals surface area contributed by atoms with Gasteiger partial charge < -0.3 is 4.90 Å². The van der Waals surface area contributed by atoms with E-state index in [0.717, 1.165) is 18.4 Å². The Morgan fingerprint density at radius 2 is 2.42 bits per heavy atom. The van der Waals surface area contributed by atoms with Crippen LogP contribution in [-0.4, -0.2) is 30.5 Å². The van der Waals surface area contributed by atoms with Crippen LogP contribution in [0.2, 0.25) is 0 Å². The summed E-state index contributed by atoms with van der Waals surface area (Å²) in [4.78, 5) is 6.41. The number of rotatable bonds is 0. The van der Waals surface area contributed by atoms with Gasteiger partial charge in [0, 0.05) is 19.6 Å². The van der Waals surface area contributed by atoms with Gasteiger partial charge in [-0.2, -0.15) is 0 Å². The van der Waals surface area contributed by atoms with Gasteiger partial charge in [-0.25, -0.2) is 5.84 Å². The molecule has 0 aromatic rings. The number of hydrazine groups is 1. The van der Waals surface area contributed by atoms with Crippen molar-refractivity contribution in [1.29, 1.82) is 0 Å². The topological polar surface area (TPSA) is 53.6 Å². The Morgan fingerprint density at radius 1 is 1.58 bits per heavy atom. The normalized spacial score (nSPS) is 34.5. The van der Waals surface area contributed by atoms with Gasteiger partial charge in [-0.3, -0.25) is 10.4 Å². The van der Waals surface area contributed by atoms with Gasteiger partial charge in [-0.05, 0) is 25.2 Å². The number of fused-ring (bicyclic) bond motifs is 2. The number of aliphatic imine (C=N–C) groups is 1. The molecule has 4 nitrogen and oxygen atoms in total. The number of hydrogen-bond donors (Lipinski definition) is 2. The van der Waals surface area contributed by atoms with Crippen LogP contribution in [0, 0.1) is 5.92 Å². The van der Waals surface area contributed by atoms with E-state index in [1.807, 2.05) is 0 Å². The number of nitrogens with one attached hydrogen (secondary N) is 1. The second kappa shape index (κ2) is 2.94. The Balaban J connectivity index is 2.06. The molecule has 0 aromatic heterocycles. The molecule has 4 heteroatoms. The molecule has 0 amide bonds. The molecule has 2 unspecified atom stereocenters. The fourth-order valence-corrected chi connectivity index (χ4v) is 2.46. The lowest BCUT2D eigenvalue weighted by Gasteiger charge is -2.29. The molecule has 0 aromatic carbocycles. The van der Waals surface area contributed by atoms with E-state index in [1.54, 1.807) is 7.05 Å². The van der Waals surface area contributed by atoms with Gasteiger partial charge in [0.15, 0.2) is 0 Å². The van der Waals surface area contributed by atoms with Crippen LogP contribution in [0.5, 0.6) is 0 Å². The van der Waals surface area contributed by atoms with Crippen LogP contribution in [0.4, 0.5) is 0 Å². The van der Waals surface area contributed by atoms with Crippen LogP contribution in [0.15, 0.2) is 4.99 Å². The summed E-state index contributed by atoms with van der Waals surface area (Å²) in [6, 6.07) is 0.699. The highest BCUT2D eigenvalue weighted by Crippen LogP contribution is 2.37. The molecule has 1 aliphatic carbocycles. The highest BCUT2D eigenvalue weighted by atomic mass is 15.4. The van der Waals surface area contributed by atoms with E-state index >= 15 is 0 Å². The predicted octanol–water partition coefficient (Wildman–Crippen LogP) is -0.0802. The largest absolute Gasteiger partial charge is 0.339 e. The number of hydrogen-bond acceptors (Lipinski definition) is 2. The first-order valence-electron chi connectivity index (χ1n) is 4.55. The van der Waals surface area contributed by atoms with E-state index in [9.17, 15) is 0 Å². The zero-order valence-electron chi connectivity index (χ0n) is 7.45. The van der Waals surface area contributed by atoms with Crippen LogP contribution in [-0.2, 0) is 0 Å². The summed E-state index contributed by atoms with van der Waals surface area (Å²) in [7, 11) is 1.78. The van der Waals surface area contributed by atoms with Gasteiger partial charge in [0.05, 0.1) is 0 Å². The molecular formula is C8H16N4. The summed E-state index contributed by atoms with van der Waals surface area (Å²) in [6.07, 6.45) is 4.04. The van der Waals surface area contributed by atoms with Crippen molar-refractivity contribution in [3.8, 4) is 0 Å². The number of likely N-dealkylation sites (tertiary alicyclic amines) is 1. The first-order valence-corrected chi connectivity index (χ1v) is 4.55. The molecule has 12 heavy (non-hydrogen) atoms. The summed E-state index contributed by atoms with van der Waals surface area (Å²) in [6.45, 7) is 1.14. The van der Waals surface area contributed by atoms with Crippen LogP contribution in [0.3, 0.4) is 0 Å². The maximum atomic E-state index is 5.37. The SMILES string of the molecule is CN=C(NN)N1CC2CCC1C2. The van der Waals surface area contributed by atoms with Crippen molar-refractivity contribution in [1.82, 2.24) is 10.3 Å². The molecule has 1 saturated heterocycles. The molecule has 2 bridgehead atoms. The number of nitrogens with zero attached hydrogens (tertiary/aromatic N) is 2. The lowest BCUT2D eigenvalue weighted by Crippen LogP contribution is -2.48. The van der Waals surface area contributed by atoms with Gasteiger partial charge in [-0.1, -0.05) is 0 Å². The second-order valence-corrected chi connectivity index (χ2v) is 3.68. The van der Waals surface area contributed by atoms with E-state index in [-0.39, 0.29) is 0 Å². The van der Waals surface area contributed by atoms with Crippen molar-refractivity contribution in [3.05, 3.63) is 0 Å². The zero-order chi connectivity index (χ0) is 8.55. The minimum atomic E-state index is 0.699. The highest BCUT2D eigenvalue weighted by Gasteiger charge is 2.38. The summed E-state index contributed by atoms with van der Waals surface area (Å²) >= 11 is 0. The van der Waals surface area contributed by atoms with E-state index in [4.69, 9.17) is 5.84 Å². The molecule has 68 valence electrons. The van der Waals surface area contributed by atoms with Crippen molar-refractivity contribution < 1.29 is 0 Å². The first kappa shape index (κ1) is 7.86. The fraction of sp³-hybridized carbons (Fsp3) is 0.875. The predicted molar refractivity (Wildman–Crippen MR) is 48.5 cm³/mol. The molecule has 2 rings (SSSR count). The molecule has 2 atom stereocenters. The Kier molecular flexibility index (Phi) is 1.92. The molecule has 1 aliphatic heterocycles. The third-order valence-corrected chi connectivity index (χ3v) is 3.02. The summed E-state index contributed by atoms with van der Waals surface area (Å²) in [5, 5.41) is 0. The molecule has 0 spiro atoms. The van der Waals surface area contributed by atoms with Gasteiger partial charge in [0.25, 0.3) is 0 Å². The number of piperidine rings is 1. The van der Waals surface area contributed by atoms with Gasteiger partial charge in [0.1, 0.15) is 0 Å². The number of guanidine groups is 1. The molecular weight excluding hydrogens is 152 g/mol. The first-order chi connectivity index (χ1) is 5.85. The molecule has 1 saturated carbocycles. The second-order valence-electron chi connectivity index (χ2n) is 3.68. The Morgan fingerprint density at radius 3 is 2.83 bits per heavy atom. The molecule has 2 aliphatic rings. The maximum Gasteiger partial charge on any atom is 0.208 e. The maximum absolute atomic E-state index is 5.37. The summed E-state index contributed by atoms with van der Waals surface area (Å²) in [5.41, 5.74) is 2.65. The molecule has 3 N–H and O–H groups in total. The lowest BCUT2D eigenvalue weighted by atomic mass is 10.1. The lowest BCUT2D eigenvalue weighted by molar-refractivity contribution is 0.317. The monoisotopic (exact) mass is 168 g/mol. The van der Waals surface area contributed by atoms with E-state index in [0.29, 0.717) is 6.04 Å². The minimum Gasteiger partial charge on any atom is -0.339 e. The van der Waals surface area contributed by atoms with Crippen LogP contribution in [0.25, 0.3) is 0 Å². The van der Waals surface area contributed by atoms with Crippen molar-refractivity contribution in [2.24, 2.45) is 16.8 Å². The summed E-state index contributed by atoms with van der Waals surface area (Å²) < 4.78 is 0. The van der Waals surface area contributed by atoms with Crippen LogP contribution >= 0.6 is 0 Å². The Labute approximate surface area is 72.8 Å². The smallest absolute Gasteiger partial charge is 0.208 e.